The topological polar surface area (TPSA) is 209 Å². The average molecular weight is 355 g/mol. The first-order chi connectivity index (χ1) is 10.4. The fourth-order valence-corrected chi connectivity index (χ4v) is 2.06. The third-order valence-electron chi connectivity index (χ3n) is 3.13. The van der Waals surface area contributed by atoms with E-state index in [0.29, 0.717) is 0 Å². The molecule has 8 N–H and O–H groups in total. The Morgan fingerprint density at radius 1 is 1.43 bits per heavy atom. The largest absolute Gasteiger partial charge is 0.466 e. The quantitative estimate of drug-likeness (QED) is 0.261. The van der Waals surface area contributed by atoms with E-state index in [9.17, 15) is 15.0 Å². The molecule has 2 heterocycles. The van der Waals surface area contributed by atoms with Crippen molar-refractivity contribution in [2.75, 3.05) is 12.3 Å². The van der Waals surface area contributed by atoms with Gasteiger partial charge in [0.05, 0.1) is 6.61 Å². The molecule has 0 spiro atoms. The molecule has 23 heavy (non-hydrogen) atoms. The standard InChI is InChI=1S/C10H15N3O5.H3O4P/c1-10(8(16)7(15)5(4-14)18-10)13-3-2-6(11)12-9(13)17;1-5(2,3)4/h2-3,5,7-8,14-16H,4H2,1H3,(H2,11,12,17);(H3,1,2,3,4)/t5-,7-,8-,10-;/m1./s1. The van der Waals surface area contributed by atoms with Gasteiger partial charge in [-0.2, -0.15) is 4.98 Å². The number of aromatic nitrogens is 2. The van der Waals surface area contributed by atoms with Gasteiger partial charge in [-0.3, -0.25) is 4.57 Å². The Kier molecular flexibility index (Phi) is 6.01. The van der Waals surface area contributed by atoms with E-state index in [4.69, 9.17) is 34.8 Å². The molecule has 1 aromatic rings. The van der Waals surface area contributed by atoms with Crippen molar-refractivity contribution in [3.63, 3.8) is 0 Å². The smallest absolute Gasteiger partial charge is 0.394 e. The highest BCUT2D eigenvalue weighted by Crippen LogP contribution is 2.34. The van der Waals surface area contributed by atoms with Crippen LogP contribution in [0.15, 0.2) is 17.1 Å². The number of aliphatic hydroxyl groups excluding tert-OH is 3. The van der Waals surface area contributed by atoms with Crippen LogP contribution in [-0.4, -0.2) is 64.5 Å². The first-order valence-electron chi connectivity index (χ1n) is 6.19. The van der Waals surface area contributed by atoms with Gasteiger partial charge in [-0.05, 0) is 13.0 Å². The number of nitrogens with zero attached hydrogens (tertiary/aromatic N) is 2. The van der Waals surface area contributed by atoms with Crippen molar-refractivity contribution in [3.8, 4) is 0 Å². The Bertz CT molecular complexity index is 638. The summed E-state index contributed by atoms with van der Waals surface area (Å²) in [5, 5.41) is 28.7. The van der Waals surface area contributed by atoms with Crippen LogP contribution < -0.4 is 11.4 Å². The summed E-state index contributed by atoms with van der Waals surface area (Å²) in [6.45, 7) is 0.959. The van der Waals surface area contributed by atoms with Crippen LogP contribution in [0.2, 0.25) is 0 Å². The molecule has 132 valence electrons. The Morgan fingerprint density at radius 3 is 2.35 bits per heavy atom. The van der Waals surface area contributed by atoms with E-state index < -0.39 is 44.2 Å². The van der Waals surface area contributed by atoms with Gasteiger partial charge in [-0.25, -0.2) is 9.36 Å². The number of rotatable bonds is 2. The number of nitrogens with two attached hydrogens (primary N) is 1. The van der Waals surface area contributed by atoms with Crippen molar-refractivity contribution >= 4 is 13.6 Å². The van der Waals surface area contributed by atoms with Gasteiger partial charge in [0.15, 0.2) is 5.72 Å². The maximum absolute atomic E-state index is 11.7. The van der Waals surface area contributed by atoms with Crippen molar-refractivity contribution < 1.29 is 39.3 Å². The molecule has 1 aromatic heterocycles. The fourth-order valence-electron chi connectivity index (χ4n) is 2.06. The zero-order valence-electron chi connectivity index (χ0n) is 11.9. The number of nitrogen functional groups attached to an aromatic ring is 1. The van der Waals surface area contributed by atoms with Crippen molar-refractivity contribution in [2.24, 2.45) is 0 Å². The molecule has 0 unspecified atom stereocenters. The van der Waals surface area contributed by atoms with Crippen LogP contribution in [0.5, 0.6) is 0 Å². The van der Waals surface area contributed by atoms with Crippen molar-refractivity contribution in [1.82, 2.24) is 9.55 Å². The van der Waals surface area contributed by atoms with Crippen LogP contribution in [0.3, 0.4) is 0 Å². The number of ether oxygens (including phenoxy) is 1. The van der Waals surface area contributed by atoms with Gasteiger partial charge in [-0.15, -0.1) is 0 Å². The molecular weight excluding hydrogens is 337 g/mol. The number of hydrogen-bond acceptors (Lipinski definition) is 8. The molecule has 1 saturated heterocycles. The highest BCUT2D eigenvalue weighted by atomic mass is 31.2. The molecule has 12 nitrogen and oxygen atoms in total. The van der Waals surface area contributed by atoms with Gasteiger partial charge >= 0.3 is 13.5 Å². The summed E-state index contributed by atoms with van der Waals surface area (Å²) < 4.78 is 15.3. The first-order valence-corrected chi connectivity index (χ1v) is 7.75. The molecule has 0 saturated carbocycles. The van der Waals surface area contributed by atoms with Gasteiger partial charge in [0, 0.05) is 6.20 Å². The van der Waals surface area contributed by atoms with Crippen LogP contribution in [-0.2, 0) is 15.0 Å². The van der Waals surface area contributed by atoms with Gasteiger partial charge in [0.1, 0.15) is 24.1 Å². The van der Waals surface area contributed by atoms with E-state index in [2.05, 4.69) is 4.98 Å². The van der Waals surface area contributed by atoms with E-state index in [1.807, 2.05) is 0 Å². The molecule has 0 amide bonds. The Balaban J connectivity index is 0.000000463. The number of phosphoric acid groups is 1. The molecule has 0 aromatic carbocycles. The molecular formula is C10H18N3O9P. The second kappa shape index (κ2) is 7.03. The Labute approximate surface area is 129 Å². The van der Waals surface area contributed by atoms with E-state index >= 15 is 0 Å². The third kappa shape index (κ3) is 4.80. The zero-order chi connectivity index (χ0) is 18.0. The number of aliphatic hydroxyl groups is 3. The molecule has 13 heteroatoms. The number of hydrogen-bond donors (Lipinski definition) is 7. The molecule has 0 aliphatic carbocycles. The summed E-state index contributed by atoms with van der Waals surface area (Å²) in [6, 6.07) is 1.38. The fraction of sp³-hybridized carbons (Fsp3) is 0.600. The number of anilines is 1. The lowest BCUT2D eigenvalue weighted by Crippen LogP contribution is -2.48. The maximum atomic E-state index is 11.7. The SMILES string of the molecule is C[C@@]1(n2ccc(N)nc2=O)O[C@H](CO)[C@@H](O)[C@H]1O.O=P(O)(O)O. The predicted molar refractivity (Wildman–Crippen MR) is 74.8 cm³/mol. The Hall–Kier alpha value is -1.37. The molecule has 0 bridgehead atoms. The summed E-state index contributed by atoms with van der Waals surface area (Å²) in [6.07, 6.45) is -2.29. The van der Waals surface area contributed by atoms with Crippen LogP contribution in [0, 0.1) is 0 Å². The molecule has 1 fully saturated rings. The third-order valence-corrected chi connectivity index (χ3v) is 3.13. The maximum Gasteiger partial charge on any atom is 0.466 e. The van der Waals surface area contributed by atoms with E-state index in [0.717, 1.165) is 4.57 Å². The van der Waals surface area contributed by atoms with Crippen LogP contribution in [0.4, 0.5) is 5.82 Å². The highest BCUT2D eigenvalue weighted by Gasteiger charge is 2.52. The minimum atomic E-state index is -4.64. The highest BCUT2D eigenvalue weighted by molar-refractivity contribution is 7.45. The van der Waals surface area contributed by atoms with E-state index in [1.54, 1.807) is 0 Å². The second-order valence-electron chi connectivity index (χ2n) is 4.85. The summed E-state index contributed by atoms with van der Waals surface area (Å²) in [5.41, 5.74) is 3.17. The molecule has 4 atom stereocenters. The Morgan fingerprint density at radius 2 is 1.96 bits per heavy atom. The summed E-state index contributed by atoms with van der Waals surface area (Å²) >= 11 is 0. The second-order valence-corrected chi connectivity index (χ2v) is 5.87. The normalized spacial score (nSPS) is 30.7. The van der Waals surface area contributed by atoms with Crippen molar-refractivity contribution in [3.05, 3.63) is 22.7 Å². The predicted octanol–water partition coefficient (Wildman–Crippen LogP) is -3.32. The molecule has 2 rings (SSSR count). The monoisotopic (exact) mass is 355 g/mol. The van der Waals surface area contributed by atoms with Crippen molar-refractivity contribution in [2.45, 2.75) is 31.0 Å². The van der Waals surface area contributed by atoms with Gasteiger partial charge < -0.3 is 40.5 Å². The zero-order valence-corrected chi connectivity index (χ0v) is 12.8. The average Bonchev–Trinajstić information content (AvgIpc) is 2.61. The van der Waals surface area contributed by atoms with Crippen LogP contribution in [0.1, 0.15) is 6.92 Å². The van der Waals surface area contributed by atoms with Gasteiger partial charge in [0.25, 0.3) is 0 Å². The summed E-state index contributed by atoms with van der Waals surface area (Å²) in [4.78, 5) is 36.8. The summed E-state index contributed by atoms with van der Waals surface area (Å²) in [7, 11) is -4.64. The van der Waals surface area contributed by atoms with Crippen LogP contribution in [0.25, 0.3) is 0 Å². The summed E-state index contributed by atoms with van der Waals surface area (Å²) in [5.74, 6) is 0.0478. The van der Waals surface area contributed by atoms with E-state index in [-0.39, 0.29) is 5.82 Å². The van der Waals surface area contributed by atoms with Crippen molar-refractivity contribution in [1.29, 1.82) is 0 Å². The van der Waals surface area contributed by atoms with Crippen LogP contribution >= 0.6 is 7.82 Å². The molecule has 0 radical (unpaired) electrons. The lowest BCUT2D eigenvalue weighted by molar-refractivity contribution is -0.137. The lowest BCUT2D eigenvalue weighted by Gasteiger charge is -2.29. The molecule has 1 aliphatic rings. The minimum Gasteiger partial charge on any atom is -0.394 e. The molecule has 1 aliphatic heterocycles. The minimum absolute atomic E-state index is 0.0478. The van der Waals surface area contributed by atoms with Gasteiger partial charge in [-0.1, -0.05) is 0 Å². The first kappa shape index (κ1) is 19.7. The lowest BCUT2D eigenvalue weighted by atomic mass is 10.0. The van der Waals surface area contributed by atoms with E-state index in [1.165, 1.54) is 19.2 Å². The van der Waals surface area contributed by atoms with Gasteiger partial charge in [0.2, 0.25) is 0 Å².